The van der Waals surface area contributed by atoms with E-state index in [0.717, 1.165) is 0 Å². The van der Waals surface area contributed by atoms with Gasteiger partial charge in [0.05, 0.1) is 5.56 Å². The van der Waals surface area contributed by atoms with Crippen molar-refractivity contribution in [2.45, 2.75) is 0 Å². The maximum absolute atomic E-state index is 11.7. The molecule has 0 bridgehead atoms. The molecular formula is C10H11BrClN3O2. The Balaban J connectivity index is 2.50. The third kappa shape index (κ3) is 4.62. The molecule has 3 amide bonds. The minimum atomic E-state index is -0.619. The van der Waals surface area contributed by atoms with E-state index < -0.39 is 6.03 Å². The lowest BCUT2D eigenvalue weighted by molar-refractivity contribution is 0.0953. The summed E-state index contributed by atoms with van der Waals surface area (Å²) in [5, 5.41) is 5.54. The highest BCUT2D eigenvalue weighted by Crippen LogP contribution is 2.21. The minimum Gasteiger partial charge on any atom is -0.352 e. The zero-order chi connectivity index (χ0) is 12.8. The Kier molecular flexibility index (Phi) is 5.24. The molecule has 7 heteroatoms. The number of nitrogens with two attached hydrogens (primary N) is 1. The molecule has 1 aromatic carbocycles. The lowest BCUT2D eigenvalue weighted by Crippen LogP contribution is -2.37. The predicted molar refractivity (Wildman–Crippen MR) is 69.1 cm³/mol. The van der Waals surface area contributed by atoms with Crippen molar-refractivity contribution in [1.29, 1.82) is 0 Å². The highest BCUT2D eigenvalue weighted by atomic mass is 79.9. The van der Waals surface area contributed by atoms with E-state index >= 15 is 0 Å². The SMILES string of the molecule is NC(=O)NCCNC(=O)c1ccc(Cl)cc1Br. The van der Waals surface area contributed by atoms with Gasteiger partial charge in [-0.05, 0) is 34.1 Å². The van der Waals surface area contributed by atoms with Crippen molar-refractivity contribution in [1.82, 2.24) is 10.6 Å². The molecule has 0 aromatic heterocycles. The molecule has 0 fully saturated rings. The number of halogens is 2. The van der Waals surface area contributed by atoms with Gasteiger partial charge >= 0.3 is 6.03 Å². The van der Waals surface area contributed by atoms with Crippen LogP contribution < -0.4 is 16.4 Å². The monoisotopic (exact) mass is 319 g/mol. The minimum absolute atomic E-state index is 0.250. The average molecular weight is 321 g/mol. The van der Waals surface area contributed by atoms with Gasteiger partial charge in [0.25, 0.3) is 5.91 Å². The number of hydrogen-bond acceptors (Lipinski definition) is 2. The first-order valence-electron chi connectivity index (χ1n) is 4.77. The summed E-state index contributed by atoms with van der Waals surface area (Å²) >= 11 is 9.01. The zero-order valence-corrected chi connectivity index (χ0v) is 11.1. The van der Waals surface area contributed by atoms with Crippen LogP contribution in [0.1, 0.15) is 10.4 Å². The van der Waals surface area contributed by atoms with E-state index in [4.69, 9.17) is 17.3 Å². The van der Waals surface area contributed by atoms with Crippen molar-refractivity contribution in [2.24, 2.45) is 5.73 Å². The van der Waals surface area contributed by atoms with Gasteiger partial charge in [0.1, 0.15) is 0 Å². The molecule has 0 heterocycles. The molecule has 0 radical (unpaired) electrons. The third-order valence-electron chi connectivity index (χ3n) is 1.89. The molecule has 17 heavy (non-hydrogen) atoms. The summed E-state index contributed by atoms with van der Waals surface area (Å²) in [6.07, 6.45) is 0. The topological polar surface area (TPSA) is 84.2 Å². The summed E-state index contributed by atoms with van der Waals surface area (Å²) in [5.41, 5.74) is 5.36. The van der Waals surface area contributed by atoms with E-state index in [1.807, 2.05) is 0 Å². The van der Waals surface area contributed by atoms with Gasteiger partial charge in [0.2, 0.25) is 0 Å². The average Bonchev–Trinajstić information content (AvgIpc) is 2.23. The molecule has 0 atom stereocenters. The number of nitrogens with one attached hydrogen (secondary N) is 2. The van der Waals surface area contributed by atoms with Crippen LogP contribution in [0.3, 0.4) is 0 Å². The third-order valence-corrected chi connectivity index (χ3v) is 2.78. The quantitative estimate of drug-likeness (QED) is 0.735. The van der Waals surface area contributed by atoms with Crippen LogP contribution >= 0.6 is 27.5 Å². The van der Waals surface area contributed by atoms with Crippen LogP contribution in [0.25, 0.3) is 0 Å². The first kappa shape index (κ1) is 13.8. The van der Waals surface area contributed by atoms with Crippen LogP contribution in [0.4, 0.5) is 4.79 Å². The normalized spacial score (nSPS) is 9.76. The molecule has 0 saturated heterocycles. The highest BCUT2D eigenvalue weighted by Gasteiger charge is 2.09. The molecule has 0 aliphatic rings. The fourth-order valence-corrected chi connectivity index (χ4v) is 1.99. The molecule has 1 rings (SSSR count). The molecule has 0 aliphatic carbocycles. The van der Waals surface area contributed by atoms with Crippen molar-refractivity contribution in [3.8, 4) is 0 Å². The first-order chi connectivity index (χ1) is 8.00. The molecule has 4 N–H and O–H groups in total. The van der Waals surface area contributed by atoms with Crippen molar-refractivity contribution in [2.75, 3.05) is 13.1 Å². The van der Waals surface area contributed by atoms with E-state index in [2.05, 4.69) is 26.6 Å². The highest BCUT2D eigenvalue weighted by molar-refractivity contribution is 9.10. The van der Waals surface area contributed by atoms with Crippen molar-refractivity contribution >= 4 is 39.5 Å². The van der Waals surface area contributed by atoms with Gasteiger partial charge in [-0.2, -0.15) is 0 Å². The van der Waals surface area contributed by atoms with Gasteiger partial charge in [0.15, 0.2) is 0 Å². The van der Waals surface area contributed by atoms with Crippen molar-refractivity contribution in [3.05, 3.63) is 33.3 Å². The van der Waals surface area contributed by atoms with Gasteiger partial charge in [-0.3, -0.25) is 4.79 Å². The molecule has 0 spiro atoms. The Bertz CT molecular complexity index is 440. The van der Waals surface area contributed by atoms with E-state index in [1.165, 1.54) is 0 Å². The predicted octanol–water partition coefficient (Wildman–Crippen LogP) is 1.50. The van der Waals surface area contributed by atoms with Gasteiger partial charge in [0, 0.05) is 22.6 Å². The van der Waals surface area contributed by atoms with E-state index in [-0.39, 0.29) is 12.5 Å². The number of amides is 3. The molecule has 1 aromatic rings. The fourth-order valence-electron chi connectivity index (χ4n) is 1.13. The number of carbonyl (C=O) groups excluding carboxylic acids is 2. The van der Waals surface area contributed by atoms with E-state index in [0.29, 0.717) is 21.6 Å². The number of benzene rings is 1. The molecule has 0 aliphatic heterocycles. The summed E-state index contributed by atoms with van der Waals surface area (Å²) < 4.78 is 0.616. The number of carbonyl (C=O) groups is 2. The van der Waals surface area contributed by atoms with Crippen LogP contribution in [0.2, 0.25) is 5.02 Å². The maximum atomic E-state index is 11.7. The van der Waals surface area contributed by atoms with Crippen molar-refractivity contribution < 1.29 is 9.59 Å². The molecule has 0 unspecified atom stereocenters. The maximum Gasteiger partial charge on any atom is 0.312 e. The molecular weight excluding hydrogens is 309 g/mol. The Morgan fingerprint density at radius 3 is 2.53 bits per heavy atom. The Hall–Kier alpha value is -1.27. The smallest absolute Gasteiger partial charge is 0.312 e. The summed E-state index contributed by atoms with van der Waals surface area (Å²) in [4.78, 5) is 22.1. The van der Waals surface area contributed by atoms with Gasteiger partial charge in [-0.25, -0.2) is 4.79 Å². The van der Waals surface area contributed by atoms with Crippen LogP contribution in [0.15, 0.2) is 22.7 Å². The molecule has 0 saturated carbocycles. The van der Waals surface area contributed by atoms with Gasteiger partial charge in [-0.15, -0.1) is 0 Å². The Morgan fingerprint density at radius 2 is 1.94 bits per heavy atom. The largest absolute Gasteiger partial charge is 0.352 e. The summed E-state index contributed by atoms with van der Waals surface area (Å²) in [6, 6.07) is 4.26. The summed E-state index contributed by atoms with van der Waals surface area (Å²) in [5.74, 6) is -0.250. The van der Waals surface area contributed by atoms with Gasteiger partial charge in [-0.1, -0.05) is 11.6 Å². The van der Waals surface area contributed by atoms with Crippen LogP contribution in [-0.2, 0) is 0 Å². The Labute approximate surface area is 112 Å². The molecule has 5 nitrogen and oxygen atoms in total. The summed E-state index contributed by atoms with van der Waals surface area (Å²) in [7, 11) is 0. The standard InChI is InChI=1S/C10H11BrClN3O2/c11-8-5-6(12)1-2-7(8)9(16)14-3-4-15-10(13)17/h1-2,5H,3-4H2,(H,14,16)(H3,13,15,17). The number of hydrogen-bond donors (Lipinski definition) is 3. The molecule has 92 valence electrons. The summed E-state index contributed by atoms with van der Waals surface area (Å²) in [6.45, 7) is 0.586. The Morgan fingerprint density at radius 1 is 1.29 bits per heavy atom. The number of primary amides is 1. The number of rotatable bonds is 4. The van der Waals surface area contributed by atoms with Gasteiger partial charge < -0.3 is 16.4 Å². The van der Waals surface area contributed by atoms with Crippen LogP contribution in [-0.4, -0.2) is 25.0 Å². The first-order valence-corrected chi connectivity index (χ1v) is 5.94. The lowest BCUT2D eigenvalue weighted by Gasteiger charge is -2.07. The second-order valence-electron chi connectivity index (χ2n) is 3.17. The van der Waals surface area contributed by atoms with E-state index in [1.54, 1.807) is 18.2 Å². The lowest BCUT2D eigenvalue weighted by atomic mass is 10.2. The van der Waals surface area contributed by atoms with Crippen molar-refractivity contribution in [3.63, 3.8) is 0 Å². The number of urea groups is 1. The second-order valence-corrected chi connectivity index (χ2v) is 4.46. The van der Waals surface area contributed by atoms with Crippen LogP contribution in [0.5, 0.6) is 0 Å². The zero-order valence-electron chi connectivity index (χ0n) is 8.80. The van der Waals surface area contributed by atoms with E-state index in [9.17, 15) is 9.59 Å². The fraction of sp³-hybridized carbons (Fsp3) is 0.200. The van der Waals surface area contributed by atoms with Crippen LogP contribution in [0, 0.1) is 0 Å². The second kappa shape index (κ2) is 6.46.